The maximum absolute atomic E-state index is 13.6. The van der Waals surface area contributed by atoms with Crippen LogP contribution < -0.4 is 10.6 Å². The number of thioether (sulfide) groups is 1. The molecule has 1 aromatic heterocycles. The first kappa shape index (κ1) is 21.9. The van der Waals surface area contributed by atoms with Crippen LogP contribution in [0.1, 0.15) is 41.8 Å². The predicted octanol–water partition coefficient (Wildman–Crippen LogP) is 3.58. The second kappa shape index (κ2) is 8.47. The highest BCUT2D eigenvalue weighted by Gasteiger charge is 2.50. The van der Waals surface area contributed by atoms with E-state index in [-0.39, 0.29) is 16.8 Å². The summed E-state index contributed by atoms with van der Waals surface area (Å²) < 4.78 is 13.6. The maximum atomic E-state index is 13.6. The van der Waals surface area contributed by atoms with Crippen molar-refractivity contribution in [1.29, 1.82) is 0 Å². The zero-order valence-corrected chi connectivity index (χ0v) is 19.6. The van der Waals surface area contributed by atoms with Gasteiger partial charge in [-0.15, -0.1) is 11.8 Å². The van der Waals surface area contributed by atoms with Crippen LogP contribution in [0, 0.1) is 11.7 Å². The summed E-state index contributed by atoms with van der Waals surface area (Å²) in [5, 5.41) is 0.466. The summed E-state index contributed by atoms with van der Waals surface area (Å²) in [7, 11) is 0. The van der Waals surface area contributed by atoms with Gasteiger partial charge in [-0.2, -0.15) is 0 Å². The van der Waals surface area contributed by atoms with Crippen molar-refractivity contribution >= 4 is 35.1 Å². The van der Waals surface area contributed by atoms with Crippen LogP contribution in [-0.2, 0) is 17.0 Å². The molecule has 1 saturated heterocycles. The van der Waals surface area contributed by atoms with Gasteiger partial charge in [-0.05, 0) is 43.9 Å². The molecule has 0 spiro atoms. The van der Waals surface area contributed by atoms with E-state index in [1.807, 2.05) is 16.7 Å². The molecule has 5 rings (SSSR count). The highest BCUT2D eigenvalue weighted by atomic mass is 35.5. The van der Waals surface area contributed by atoms with E-state index in [1.165, 1.54) is 11.6 Å². The van der Waals surface area contributed by atoms with Crippen molar-refractivity contribution < 1.29 is 9.18 Å². The lowest BCUT2D eigenvalue weighted by Crippen LogP contribution is -2.54. The van der Waals surface area contributed by atoms with Crippen LogP contribution in [0.4, 0.5) is 10.2 Å². The molecule has 3 heterocycles. The number of benzene rings is 1. The minimum Gasteiger partial charge on any atom is -0.353 e. The Bertz CT molecular complexity index is 1040. The van der Waals surface area contributed by atoms with Crippen LogP contribution in [0.2, 0.25) is 5.02 Å². The zero-order chi connectivity index (χ0) is 22.5. The van der Waals surface area contributed by atoms with E-state index in [9.17, 15) is 9.18 Å². The first-order chi connectivity index (χ1) is 15.4. The third-order valence-electron chi connectivity index (χ3n) is 6.96. The Labute approximate surface area is 196 Å². The number of amides is 1. The maximum Gasteiger partial charge on any atom is 0.227 e. The lowest BCUT2D eigenvalue weighted by atomic mass is 9.89. The van der Waals surface area contributed by atoms with E-state index in [0.717, 1.165) is 48.8 Å². The molecule has 0 bridgehead atoms. The van der Waals surface area contributed by atoms with Crippen LogP contribution in [0.15, 0.2) is 24.5 Å². The number of rotatable bonds is 5. The number of anilines is 1. The number of nitrogens with two attached hydrogens (primary N) is 1. The lowest BCUT2D eigenvalue weighted by molar-refractivity contribution is -0.136. The number of aromatic nitrogens is 2. The van der Waals surface area contributed by atoms with Gasteiger partial charge in [-0.3, -0.25) is 4.79 Å². The minimum absolute atomic E-state index is 0.0777. The Morgan fingerprint density at radius 2 is 2.06 bits per heavy atom. The van der Waals surface area contributed by atoms with Crippen LogP contribution in [0.5, 0.6) is 0 Å². The van der Waals surface area contributed by atoms with Gasteiger partial charge in [0.05, 0.1) is 16.6 Å². The van der Waals surface area contributed by atoms with Gasteiger partial charge in [0.15, 0.2) is 0 Å². The van der Waals surface area contributed by atoms with Crippen LogP contribution >= 0.6 is 23.4 Å². The van der Waals surface area contributed by atoms with Crippen LogP contribution in [0.25, 0.3) is 0 Å². The first-order valence-electron chi connectivity index (χ1n) is 11.1. The van der Waals surface area contributed by atoms with Crippen molar-refractivity contribution in [2.24, 2.45) is 11.7 Å². The van der Waals surface area contributed by atoms with Crippen molar-refractivity contribution in [1.82, 2.24) is 14.9 Å². The van der Waals surface area contributed by atoms with Gasteiger partial charge in [0, 0.05) is 48.3 Å². The molecule has 2 aliphatic heterocycles. The molecule has 32 heavy (non-hydrogen) atoms. The fraction of sp³-hybridized carbons (Fsp3) is 0.522. The van der Waals surface area contributed by atoms with Crippen LogP contribution in [0.3, 0.4) is 0 Å². The molecular formula is C23H27ClFN5OS. The molecule has 2 N–H and O–H groups in total. The van der Waals surface area contributed by atoms with Gasteiger partial charge >= 0.3 is 0 Å². The molecule has 3 aliphatic rings. The molecule has 0 radical (unpaired) electrons. The van der Waals surface area contributed by atoms with Crippen molar-refractivity contribution in [2.75, 3.05) is 31.1 Å². The summed E-state index contributed by atoms with van der Waals surface area (Å²) in [6, 6.07) is 4.66. The highest BCUT2D eigenvalue weighted by molar-refractivity contribution is 7.99. The third kappa shape index (κ3) is 4.08. The van der Waals surface area contributed by atoms with Gasteiger partial charge < -0.3 is 15.5 Å². The molecule has 2 aromatic rings. The molecule has 6 nitrogen and oxygen atoms in total. The van der Waals surface area contributed by atoms with E-state index in [4.69, 9.17) is 17.3 Å². The van der Waals surface area contributed by atoms with Crippen molar-refractivity contribution in [3.8, 4) is 0 Å². The summed E-state index contributed by atoms with van der Waals surface area (Å²) in [5.74, 6) is 1.25. The SMILES string of the molecule is C[C@@H]1SCc2ncnc(N3CCN(C(=O)C(Cc4ccc(F)c(Cl)c4)C4(N)CC4)CC3)c21. The number of fused-ring (bicyclic) bond motifs is 1. The highest BCUT2D eigenvalue weighted by Crippen LogP contribution is 2.45. The largest absolute Gasteiger partial charge is 0.353 e. The monoisotopic (exact) mass is 475 g/mol. The number of hydrogen-bond acceptors (Lipinski definition) is 6. The number of carbonyl (C=O) groups is 1. The predicted molar refractivity (Wildman–Crippen MR) is 125 cm³/mol. The van der Waals surface area contributed by atoms with Gasteiger partial charge in [0.1, 0.15) is 18.0 Å². The van der Waals surface area contributed by atoms with E-state index < -0.39 is 11.4 Å². The Balaban J connectivity index is 1.29. The third-order valence-corrected chi connectivity index (χ3v) is 8.42. The molecule has 2 fully saturated rings. The normalized spacial score (nSPS) is 22.6. The Morgan fingerprint density at radius 1 is 1.31 bits per heavy atom. The molecule has 1 unspecified atom stereocenters. The van der Waals surface area contributed by atoms with Gasteiger partial charge in [0.2, 0.25) is 5.91 Å². The first-order valence-corrected chi connectivity index (χ1v) is 12.5. The number of nitrogens with zero attached hydrogens (tertiary/aromatic N) is 4. The Hall–Kier alpha value is -1.90. The minimum atomic E-state index is -0.477. The van der Waals surface area contributed by atoms with Gasteiger partial charge in [-0.25, -0.2) is 14.4 Å². The zero-order valence-electron chi connectivity index (χ0n) is 18.1. The number of hydrogen-bond donors (Lipinski definition) is 1. The van der Waals surface area contributed by atoms with Gasteiger partial charge in [0.25, 0.3) is 0 Å². The molecule has 1 aromatic carbocycles. The van der Waals surface area contributed by atoms with E-state index in [2.05, 4.69) is 21.8 Å². The van der Waals surface area contributed by atoms with Crippen molar-refractivity contribution in [3.05, 3.63) is 52.2 Å². The van der Waals surface area contributed by atoms with Crippen molar-refractivity contribution in [3.63, 3.8) is 0 Å². The Kier molecular flexibility index (Phi) is 5.80. The fourth-order valence-corrected chi connectivity index (χ4v) is 6.03. The number of piperazine rings is 1. The molecule has 170 valence electrons. The average Bonchev–Trinajstić information content (AvgIpc) is 3.44. The molecule has 9 heteroatoms. The topological polar surface area (TPSA) is 75.4 Å². The lowest BCUT2D eigenvalue weighted by Gasteiger charge is -2.38. The summed E-state index contributed by atoms with van der Waals surface area (Å²) in [5.41, 5.74) is 9.25. The van der Waals surface area contributed by atoms with E-state index >= 15 is 0 Å². The smallest absolute Gasteiger partial charge is 0.227 e. The second-order valence-electron chi connectivity index (χ2n) is 9.06. The average molecular weight is 476 g/mol. The summed E-state index contributed by atoms with van der Waals surface area (Å²) in [6.07, 6.45) is 3.80. The summed E-state index contributed by atoms with van der Waals surface area (Å²) >= 11 is 7.85. The Morgan fingerprint density at radius 3 is 2.75 bits per heavy atom. The number of carbonyl (C=O) groups excluding carboxylic acids is 1. The second-order valence-corrected chi connectivity index (χ2v) is 10.8. The molecule has 1 aliphatic carbocycles. The summed E-state index contributed by atoms with van der Waals surface area (Å²) in [6.45, 7) is 4.94. The summed E-state index contributed by atoms with van der Waals surface area (Å²) in [4.78, 5) is 26.8. The molecule has 1 saturated carbocycles. The van der Waals surface area contributed by atoms with E-state index in [0.29, 0.717) is 24.8 Å². The molecular weight excluding hydrogens is 449 g/mol. The van der Waals surface area contributed by atoms with Crippen molar-refractivity contribution in [2.45, 2.75) is 42.7 Å². The number of halogens is 2. The van der Waals surface area contributed by atoms with E-state index in [1.54, 1.807) is 18.5 Å². The van der Waals surface area contributed by atoms with Gasteiger partial charge in [-0.1, -0.05) is 17.7 Å². The standard InChI is InChI=1S/C23H27ClFN5OS/c1-14-20-19(12-32-14)27-13-28-21(20)29-6-8-30(9-7-29)22(31)16(23(26)4-5-23)10-15-2-3-18(25)17(24)11-15/h2-3,11,13-14,16H,4-10,12,26H2,1H3/t14-,16?/m0/s1. The molecule has 2 atom stereocenters. The molecule has 1 amide bonds. The fourth-order valence-electron chi connectivity index (χ4n) is 4.78. The quantitative estimate of drug-likeness (QED) is 0.712. The van der Waals surface area contributed by atoms with Crippen LogP contribution in [-0.4, -0.2) is 52.5 Å².